The SMILES string of the molecule is C=C(C)[C@@H]1CCC(C)=C[C@H]1c1c(O)cc(CCCCC)c(S(=O)(=O)NCc2ccccc2)c1O. The van der Waals surface area contributed by atoms with Gasteiger partial charge in [-0.05, 0) is 62.6 Å². The van der Waals surface area contributed by atoms with E-state index in [1.165, 1.54) is 6.07 Å². The number of hydrogen-bond acceptors (Lipinski definition) is 4. The van der Waals surface area contributed by atoms with Crippen molar-refractivity contribution in [2.45, 2.75) is 76.7 Å². The summed E-state index contributed by atoms with van der Waals surface area (Å²) in [5.41, 5.74) is 3.64. The standard InChI is InChI=1S/C28H37NO4S/c1-5-6-8-13-22-17-25(30)26(24-16-20(4)14-15-23(24)19(2)3)27(31)28(22)34(32,33)29-18-21-11-9-7-10-12-21/h7,9-12,16-17,23-24,29-31H,2,5-6,8,13-15,18H2,1,3-4H3/t23-,24+/m0/s1. The lowest BCUT2D eigenvalue weighted by Gasteiger charge is -2.32. The predicted octanol–water partition coefficient (Wildman–Crippen LogP) is 6.33. The zero-order chi connectivity index (χ0) is 24.9. The lowest BCUT2D eigenvalue weighted by molar-refractivity contribution is 0.397. The van der Waals surface area contributed by atoms with Crippen LogP contribution in [0, 0.1) is 5.92 Å². The minimum Gasteiger partial charge on any atom is -0.507 e. The number of hydrogen-bond donors (Lipinski definition) is 3. The summed E-state index contributed by atoms with van der Waals surface area (Å²) in [6.07, 6.45) is 6.93. The molecule has 3 rings (SSSR count). The molecule has 5 nitrogen and oxygen atoms in total. The minimum atomic E-state index is -4.04. The van der Waals surface area contributed by atoms with E-state index < -0.39 is 10.0 Å². The largest absolute Gasteiger partial charge is 0.507 e. The van der Waals surface area contributed by atoms with Gasteiger partial charge < -0.3 is 10.2 Å². The second-order valence-electron chi connectivity index (χ2n) is 9.44. The van der Waals surface area contributed by atoms with E-state index in [4.69, 9.17) is 0 Å². The maximum atomic E-state index is 13.5. The fraction of sp³-hybridized carbons (Fsp3) is 0.429. The fourth-order valence-electron chi connectivity index (χ4n) is 4.84. The number of allylic oxidation sites excluding steroid dienone is 3. The van der Waals surface area contributed by atoms with Gasteiger partial charge in [-0.15, -0.1) is 0 Å². The first-order valence-corrected chi connectivity index (χ1v) is 13.6. The zero-order valence-electron chi connectivity index (χ0n) is 20.5. The zero-order valence-corrected chi connectivity index (χ0v) is 21.3. The van der Waals surface area contributed by atoms with Gasteiger partial charge in [0.1, 0.15) is 16.4 Å². The Balaban J connectivity index is 2.11. The van der Waals surface area contributed by atoms with Crippen molar-refractivity contribution in [3.05, 3.63) is 76.9 Å². The average Bonchev–Trinajstić information content (AvgIpc) is 2.78. The number of phenolic OH excluding ortho intramolecular Hbond substituents is 2. The van der Waals surface area contributed by atoms with E-state index in [1.54, 1.807) is 0 Å². The second-order valence-corrected chi connectivity index (χ2v) is 11.1. The smallest absolute Gasteiger partial charge is 0.244 e. The maximum Gasteiger partial charge on any atom is 0.244 e. The third-order valence-electron chi connectivity index (χ3n) is 6.69. The van der Waals surface area contributed by atoms with Gasteiger partial charge in [0.05, 0.1) is 0 Å². The first-order chi connectivity index (χ1) is 16.2. The van der Waals surface area contributed by atoms with Gasteiger partial charge in [-0.3, -0.25) is 0 Å². The number of sulfonamides is 1. The maximum absolute atomic E-state index is 13.5. The molecule has 0 bridgehead atoms. The molecule has 2 aromatic rings. The van der Waals surface area contributed by atoms with Crippen molar-refractivity contribution < 1.29 is 18.6 Å². The summed E-state index contributed by atoms with van der Waals surface area (Å²) in [7, 11) is -4.04. The normalized spacial score (nSPS) is 18.5. The van der Waals surface area contributed by atoms with Crippen LogP contribution in [0.25, 0.3) is 0 Å². The van der Waals surface area contributed by atoms with E-state index in [2.05, 4.69) is 18.2 Å². The second kappa shape index (κ2) is 11.2. The summed E-state index contributed by atoms with van der Waals surface area (Å²) < 4.78 is 29.7. The highest BCUT2D eigenvalue weighted by atomic mass is 32.2. The Labute approximate surface area is 204 Å². The fourth-order valence-corrected chi connectivity index (χ4v) is 6.21. The van der Waals surface area contributed by atoms with Gasteiger partial charge in [0.25, 0.3) is 0 Å². The van der Waals surface area contributed by atoms with Crippen LogP contribution in [0.4, 0.5) is 0 Å². The molecule has 1 aliphatic rings. The minimum absolute atomic E-state index is 0.0132. The van der Waals surface area contributed by atoms with Crippen molar-refractivity contribution in [1.82, 2.24) is 4.72 Å². The Bertz CT molecular complexity index is 1150. The number of benzene rings is 2. The molecule has 2 aromatic carbocycles. The third-order valence-corrected chi connectivity index (χ3v) is 8.21. The summed E-state index contributed by atoms with van der Waals surface area (Å²) in [6.45, 7) is 10.3. The Hall–Kier alpha value is -2.57. The molecule has 1 aliphatic carbocycles. The van der Waals surface area contributed by atoms with Crippen molar-refractivity contribution in [2.24, 2.45) is 5.92 Å². The molecule has 0 heterocycles. The molecule has 0 radical (unpaired) electrons. The van der Waals surface area contributed by atoms with Gasteiger partial charge in [-0.25, -0.2) is 13.1 Å². The van der Waals surface area contributed by atoms with Gasteiger partial charge >= 0.3 is 0 Å². The van der Waals surface area contributed by atoms with Crippen LogP contribution in [-0.4, -0.2) is 18.6 Å². The molecule has 34 heavy (non-hydrogen) atoms. The number of rotatable bonds is 10. The molecule has 0 aliphatic heterocycles. The number of aromatic hydroxyl groups is 2. The monoisotopic (exact) mass is 483 g/mol. The Morgan fingerprint density at radius 1 is 1.18 bits per heavy atom. The van der Waals surface area contributed by atoms with Crippen LogP contribution < -0.4 is 4.72 Å². The van der Waals surface area contributed by atoms with Crippen LogP contribution in [0.5, 0.6) is 11.5 Å². The van der Waals surface area contributed by atoms with Crippen LogP contribution in [0.2, 0.25) is 0 Å². The lowest BCUT2D eigenvalue weighted by Crippen LogP contribution is -2.25. The highest BCUT2D eigenvalue weighted by molar-refractivity contribution is 7.89. The van der Waals surface area contributed by atoms with Crippen molar-refractivity contribution in [3.63, 3.8) is 0 Å². The lowest BCUT2D eigenvalue weighted by atomic mass is 9.73. The topological polar surface area (TPSA) is 86.6 Å². The van der Waals surface area contributed by atoms with E-state index in [0.29, 0.717) is 12.0 Å². The van der Waals surface area contributed by atoms with E-state index in [-0.39, 0.29) is 40.3 Å². The molecule has 0 amide bonds. The summed E-state index contributed by atoms with van der Waals surface area (Å²) in [6, 6.07) is 10.8. The van der Waals surface area contributed by atoms with Crippen LogP contribution >= 0.6 is 0 Å². The summed E-state index contributed by atoms with van der Waals surface area (Å²) in [5, 5.41) is 22.5. The molecule has 0 unspecified atom stereocenters. The van der Waals surface area contributed by atoms with Crippen molar-refractivity contribution in [1.29, 1.82) is 0 Å². The predicted molar refractivity (Wildman–Crippen MR) is 138 cm³/mol. The van der Waals surface area contributed by atoms with Gasteiger partial charge in [0.15, 0.2) is 0 Å². The van der Waals surface area contributed by atoms with Gasteiger partial charge in [-0.2, -0.15) is 0 Å². The first kappa shape index (κ1) is 26.0. The summed E-state index contributed by atoms with van der Waals surface area (Å²) >= 11 is 0. The highest BCUT2D eigenvalue weighted by Gasteiger charge is 2.34. The van der Waals surface area contributed by atoms with E-state index in [1.807, 2.05) is 50.3 Å². The molecule has 3 N–H and O–H groups in total. The number of aryl methyl sites for hydroxylation is 1. The van der Waals surface area contributed by atoms with Gasteiger partial charge in [0.2, 0.25) is 10.0 Å². The Morgan fingerprint density at radius 3 is 2.53 bits per heavy atom. The van der Waals surface area contributed by atoms with Gasteiger partial charge in [-0.1, -0.05) is 73.9 Å². The highest BCUT2D eigenvalue weighted by Crippen LogP contribution is 2.49. The molecule has 0 spiro atoms. The average molecular weight is 484 g/mol. The molecule has 2 atom stereocenters. The number of unbranched alkanes of at least 4 members (excludes halogenated alkanes) is 2. The van der Waals surface area contributed by atoms with Crippen LogP contribution in [0.1, 0.15) is 75.5 Å². The molecular formula is C28H37NO4S. The number of nitrogens with one attached hydrogen (secondary N) is 1. The van der Waals surface area contributed by atoms with E-state index in [0.717, 1.165) is 48.8 Å². The van der Waals surface area contributed by atoms with Crippen LogP contribution in [0.3, 0.4) is 0 Å². The molecule has 0 fully saturated rings. The van der Waals surface area contributed by atoms with E-state index >= 15 is 0 Å². The molecule has 0 saturated heterocycles. The first-order valence-electron chi connectivity index (χ1n) is 12.1. The molecule has 6 heteroatoms. The molecule has 184 valence electrons. The van der Waals surface area contributed by atoms with Crippen LogP contribution in [0.15, 0.2) is 65.1 Å². The van der Waals surface area contributed by atoms with Crippen molar-refractivity contribution >= 4 is 10.0 Å². The van der Waals surface area contributed by atoms with Crippen molar-refractivity contribution in [2.75, 3.05) is 0 Å². The molecular weight excluding hydrogens is 446 g/mol. The van der Waals surface area contributed by atoms with E-state index in [9.17, 15) is 18.6 Å². The molecule has 0 aromatic heterocycles. The van der Waals surface area contributed by atoms with Crippen LogP contribution in [-0.2, 0) is 23.0 Å². The Kier molecular flexibility index (Phi) is 8.61. The summed E-state index contributed by atoms with van der Waals surface area (Å²) in [4.78, 5) is -0.121. The third kappa shape index (κ3) is 5.91. The van der Waals surface area contributed by atoms with Crippen molar-refractivity contribution in [3.8, 4) is 11.5 Å². The summed E-state index contributed by atoms with van der Waals surface area (Å²) in [5.74, 6) is -0.735. The molecule has 0 saturated carbocycles. The van der Waals surface area contributed by atoms with Gasteiger partial charge in [0, 0.05) is 18.0 Å². The number of phenols is 2. The Morgan fingerprint density at radius 2 is 1.88 bits per heavy atom. The quantitative estimate of drug-likeness (QED) is 0.272.